The summed E-state index contributed by atoms with van der Waals surface area (Å²) in [6.07, 6.45) is 1.81. The molecule has 0 saturated carbocycles. The molecule has 3 aromatic rings. The van der Waals surface area contributed by atoms with E-state index in [1.807, 2.05) is 55.6 Å². The van der Waals surface area contributed by atoms with Gasteiger partial charge in [-0.05, 0) is 24.4 Å². The molecule has 0 amide bonds. The lowest BCUT2D eigenvalue weighted by Crippen LogP contribution is -2.10. The average Bonchev–Trinajstić information content (AvgIpc) is 2.44. The van der Waals surface area contributed by atoms with Gasteiger partial charge in [0, 0.05) is 28.3 Å². The third kappa shape index (κ3) is 1.31. The number of nitrogens with zero attached hydrogens (tertiary/aromatic N) is 1. The SMILES string of the molecule is Cc1ccc2c(c1)-c1nccc3cccc(c13)C2=O. The summed E-state index contributed by atoms with van der Waals surface area (Å²) in [5.74, 6) is 0.0982. The number of aryl methyl sites for hydroxylation is 1. The summed E-state index contributed by atoms with van der Waals surface area (Å²) >= 11 is 0. The summed E-state index contributed by atoms with van der Waals surface area (Å²) in [7, 11) is 0. The zero-order valence-electron chi connectivity index (χ0n) is 10.5. The number of pyridine rings is 1. The van der Waals surface area contributed by atoms with Gasteiger partial charge in [-0.15, -0.1) is 0 Å². The Morgan fingerprint density at radius 2 is 1.84 bits per heavy atom. The number of rotatable bonds is 0. The van der Waals surface area contributed by atoms with E-state index < -0.39 is 0 Å². The summed E-state index contributed by atoms with van der Waals surface area (Å²) in [6, 6.07) is 13.7. The van der Waals surface area contributed by atoms with Gasteiger partial charge in [-0.1, -0.05) is 35.9 Å². The highest BCUT2D eigenvalue weighted by Crippen LogP contribution is 2.37. The minimum atomic E-state index is 0.0982. The molecule has 0 radical (unpaired) electrons. The van der Waals surface area contributed by atoms with E-state index in [1.54, 1.807) is 0 Å². The van der Waals surface area contributed by atoms with Gasteiger partial charge in [-0.2, -0.15) is 0 Å². The van der Waals surface area contributed by atoms with E-state index in [9.17, 15) is 4.79 Å². The number of aromatic nitrogens is 1. The van der Waals surface area contributed by atoms with Crippen molar-refractivity contribution in [3.8, 4) is 11.3 Å². The van der Waals surface area contributed by atoms with Crippen molar-refractivity contribution in [2.24, 2.45) is 0 Å². The average molecular weight is 245 g/mol. The predicted molar refractivity (Wildman–Crippen MR) is 75.3 cm³/mol. The Kier molecular flexibility index (Phi) is 1.93. The molecular formula is C17H11NO. The van der Waals surface area contributed by atoms with Crippen molar-refractivity contribution in [1.29, 1.82) is 0 Å². The molecule has 1 aromatic heterocycles. The fourth-order valence-corrected chi connectivity index (χ4v) is 2.82. The highest BCUT2D eigenvalue weighted by molar-refractivity contribution is 6.25. The molecule has 1 aliphatic rings. The van der Waals surface area contributed by atoms with E-state index in [0.29, 0.717) is 0 Å². The number of carbonyl (C=O) groups is 1. The fraction of sp³-hybridized carbons (Fsp3) is 0.0588. The number of hydrogen-bond donors (Lipinski definition) is 0. The molecule has 2 nitrogen and oxygen atoms in total. The highest BCUT2D eigenvalue weighted by Gasteiger charge is 2.25. The van der Waals surface area contributed by atoms with Gasteiger partial charge in [0.15, 0.2) is 5.78 Å². The molecule has 1 heterocycles. The van der Waals surface area contributed by atoms with Crippen LogP contribution in [0.4, 0.5) is 0 Å². The molecule has 0 bridgehead atoms. The molecule has 2 heteroatoms. The van der Waals surface area contributed by atoms with Crippen molar-refractivity contribution in [2.45, 2.75) is 6.92 Å². The predicted octanol–water partition coefficient (Wildman–Crippen LogP) is 3.75. The molecule has 0 unspecified atom stereocenters. The summed E-state index contributed by atoms with van der Waals surface area (Å²) in [5.41, 5.74) is 4.53. The number of benzene rings is 2. The highest BCUT2D eigenvalue weighted by atomic mass is 16.1. The Bertz CT molecular complexity index is 844. The lowest BCUT2D eigenvalue weighted by atomic mass is 9.85. The van der Waals surface area contributed by atoms with Crippen LogP contribution < -0.4 is 0 Å². The van der Waals surface area contributed by atoms with Crippen LogP contribution in [0, 0.1) is 6.92 Å². The lowest BCUT2D eigenvalue weighted by molar-refractivity contribution is 0.104. The summed E-state index contributed by atoms with van der Waals surface area (Å²) in [4.78, 5) is 17.1. The molecule has 4 rings (SSSR count). The van der Waals surface area contributed by atoms with E-state index in [1.165, 1.54) is 0 Å². The smallest absolute Gasteiger partial charge is 0.194 e. The fourth-order valence-electron chi connectivity index (χ4n) is 2.82. The summed E-state index contributed by atoms with van der Waals surface area (Å²) in [6.45, 7) is 2.03. The van der Waals surface area contributed by atoms with Crippen LogP contribution in [-0.2, 0) is 0 Å². The first-order chi connectivity index (χ1) is 9.25. The topological polar surface area (TPSA) is 30.0 Å². The molecule has 0 atom stereocenters. The number of carbonyl (C=O) groups excluding carboxylic acids is 1. The minimum absolute atomic E-state index is 0.0982. The molecule has 90 valence electrons. The van der Waals surface area contributed by atoms with Crippen LogP contribution in [0.25, 0.3) is 22.0 Å². The minimum Gasteiger partial charge on any atom is -0.289 e. The van der Waals surface area contributed by atoms with E-state index in [4.69, 9.17) is 0 Å². The van der Waals surface area contributed by atoms with Crippen molar-refractivity contribution >= 4 is 16.6 Å². The van der Waals surface area contributed by atoms with Crippen LogP contribution in [0.5, 0.6) is 0 Å². The van der Waals surface area contributed by atoms with Crippen LogP contribution in [0.1, 0.15) is 21.5 Å². The van der Waals surface area contributed by atoms with Crippen LogP contribution in [0.2, 0.25) is 0 Å². The largest absolute Gasteiger partial charge is 0.289 e. The maximum Gasteiger partial charge on any atom is 0.194 e. The van der Waals surface area contributed by atoms with Crippen molar-refractivity contribution in [3.63, 3.8) is 0 Å². The van der Waals surface area contributed by atoms with Crippen molar-refractivity contribution in [3.05, 3.63) is 65.4 Å². The lowest BCUT2D eigenvalue weighted by Gasteiger charge is -2.19. The Labute approximate surface area is 110 Å². The first-order valence-corrected chi connectivity index (χ1v) is 6.29. The maximum absolute atomic E-state index is 12.6. The normalized spacial score (nSPS) is 12.6. The molecule has 1 aliphatic carbocycles. The van der Waals surface area contributed by atoms with Gasteiger partial charge in [0.05, 0.1) is 5.69 Å². The molecule has 0 spiro atoms. The third-order valence-corrected chi connectivity index (χ3v) is 3.71. The van der Waals surface area contributed by atoms with Gasteiger partial charge < -0.3 is 0 Å². The van der Waals surface area contributed by atoms with Crippen LogP contribution in [-0.4, -0.2) is 10.8 Å². The monoisotopic (exact) mass is 245 g/mol. The van der Waals surface area contributed by atoms with Gasteiger partial charge >= 0.3 is 0 Å². The maximum atomic E-state index is 12.6. The second-order valence-electron chi connectivity index (χ2n) is 4.94. The molecule has 0 fully saturated rings. The Hall–Kier alpha value is -2.48. The second kappa shape index (κ2) is 3.51. The van der Waals surface area contributed by atoms with Crippen LogP contribution in [0.15, 0.2) is 48.7 Å². The molecule has 0 N–H and O–H groups in total. The van der Waals surface area contributed by atoms with E-state index in [2.05, 4.69) is 4.98 Å². The standard InChI is InChI=1S/C17H11NO/c1-10-5-6-12-14(9-10)16-15-11(7-8-18-16)3-2-4-13(15)17(12)19/h2-9H,1H3. The zero-order chi connectivity index (χ0) is 13.0. The third-order valence-electron chi connectivity index (χ3n) is 3.71. The Morgan fingerprint density at radius 3 is 2.74 bits per heavy atom. The number of ketones is 1. The van der Waals surface area contributed by atoms with Gasteiger partial charge in [0.2, 0.25) is 0 Å². The van der Waals surface area contributed by atoms with Gasteiger partial charge in [-0.25, -0.2) is 0 Å². The molecule has 0 aliphatic heterocycles. The number of fused-ring (bicyclic) bond motifs is 2. The van der Waals surface area contributed by atoms with Crippen LogP contribution in [0.3, 0.4) is 0 Å². The number of hydrogen-bond acceptors (Lipinski definition) is 2. The van der Waals surface area contributed by atoms with Crippen LogP contribution >= 0.6 is 0 Å². The van der Waals surface area contributed by atoms with Gasteiger partial charge in [0.25, 0.3) is 0 Å². The zero-order valence-corrected chi connectivity index (χ0v) is 10.5. The summed E-state index contributed by atoms with van der Waals surface area (Å²) < 4.78 is 0. The van der Waals surface area contributed by atoms with Crippen molar-refractivity contribution < 1.29 is 4.79 Å². The van der Waals surface area contributed by atoms with Crippen molar-refractivity contribution in [1.82, 2.24) is 4.98 Å². The van der Waals surface area contributed by atoms with E-state index >= 15 is 0 Å². The first kappa shape index (κ1) is 10.4. The molecule has 19 heavy (non-hydrogen) atoms. The van der Waals surface area contributed by atoms with Gasteiger partial charge in [0.1, 0.15) is 0 Å². The molecular weight excluding hydrogens is 234 g/mol. The Morgan fingerprint density at radius 1 is 0.947 bits per heavy atom. The van der Waals surface area contributed by atoms with E-state index in [-0.39, 0.29) is 5.78 Å². The first-order valence-electron chi connectivity index (χ1n) is 6.29. The second-order valence-corrected chi connectivity index (χ2v) is 4.94. The quantitative estimate of drug-likeness (QED) is 0.472. The molecule has 0 saturated heterocycles. The van der Waals surface area contributed by atoms with E-state index in [0.717, 1.165) is 38.7 Å². The van der Waals surface area contributed by atoms with Gasteiger partial charge in [-0.3, -0.25) is 9.78 Å². The summed E-state index contributed by atoms with van der Waals surface area (Å²) in [5, 5.41) is 2.05. The molecule has 2 aromatic carbocycles. The Balaban J connectivity index is 2.25. The van der Waals surface area contributed by atoms with Crippen molar-refractivity contribution in [2.75, 3.05) is 0 Å².